The Labute approximate surface area is 123 Å². The summed E-state index contributed by atoms with van der Waals surface area (Å²) >= 11 is 6.29. The number of benzene rings is 1. The van der Waals surface area contributed by atoms with Crippen molar-refractivity contribution in [1.82, 2.24) is 4.57 Å². The summed E-state index contributed by atoms with van der Waals surface area (Å²) in [5.74, 6) is -0.435. The fraction of sp³-hybridized carbons (Fsp3) is 0.400. The van der Waals surface area contributed by atoms with Gasteiger partial charge in [-0.05, 0) is 32.9 Å². The number of fused-ring (bicyclic) bond motifs is 1. The number of carbonyl (C=O) groups excluding carboxylic acids is 1. The van der Waals surface area contributed by atoms with Crippen LogP contribution in [-0.2, 0) is 9.53 Å². The molecule has 0 aliphatic rings. The van der Waals surface area contributed by atoms with Gasteiger partial charge >= 0.3 is 5.97 Å². The lowest BCUT2D eigenvalue weighted by Gasteiger charge is -2.10. The predicted molar refractivity (Wildman–Crippen MR) is 80.9 cm³/mol. The molecule has 2 rings (SSSR count). The van der Waals surface area contributed by atoms with Crippen molar-refractivity contribution in [3.63, 3.8) is 0 Å². The zero-order valence-electron chi connectivity index (χ0n) is 11.9. The van der Waals surface area contributed by atoms with E-state index >= 15 is 0 Å². The zero-order chi connectivity index (χ0) is 14.9. The minimum absolute atomic E-state index is 0.249. The first-order valence-corrected chi connectivity index (χ1v) is 7.06. The van der Waals surface area contributed by atoms with Crippen LogP contribution in [0.4, 0.5) is 0 Å². The number of esters is 1. The molecule has 1 aromatic carbocycles. The van der Waals surface area contributed by atoms with Gasteiger partial charge in [0.1, 0.15) is 6.04 Å². The minimum atomic E-state index is -0.822. The Hall–Kier alpha value is -1.52. The first-order chi connectivity index (χ1) is 9.47. The summed E-state index contributed by atoms with van der Waals surface area (Å²) in [6, 6.07) is 5.10. The van der Waals surface area contributed by atoms with E-state index in [1.165, 1.54) is 0 Å². The molecule has 0 bridgehead atoms. The van der Waals surface area contributed by atoms with E-state index < -0.39 is 12.0 Å². The first kappa shape index (κ1) is 14.9. The predicted octanol–water partition coefficient (Wildman–Crippen LogP) is 3.44. The molecule has 1 aromatic heterocycles. The van der Waals surface area contributed by atoms with Crippen LogP contribution in [0.5, 0.6) is 0 Å². The summed E-state index contributed by atoms with van der Waals surface area (Å²) in [5.41, 5.74) is 7.71. The number of carbonyl (C=O) groups is 1. The highest BCUT2D eigenvalue weighted by molar-refractivity contribution is 6.35. The molecule has 108 valence electrons. The summed E-state index contributed by atoms with van der Waals surface area (Å²) in [7, 11) is 0. The third-order valence-electron chi connectivity index (χ3n) is 3.27. The molecule has 1 heterocycles. The lowest BCUT2D eigenvalue weighted by atomic mass is 10.1. The van der Waals surface area contributed by atoms with Crippen LogP contribution in [0.3, 0.4) is 0 Å². The lowest BCUT2D eigenvalue weighted by molar-refractivity contribution is -0.144. The van der Waals surface area contributed by atoms with Crippen LogP contribution in [0, 0.1) is 0 Å². The molecule has 0 saturated heterocycles. The van der Waals surface area contributed by atoms with Crippen molar-refractivity contribution >= 4 is 28.5 Å². The molecule has 0 spiro atoms. The fourth-order valence-corrected chi connectivity index (χ4v) is 2.60. The molecule has 20 heavy (non-hydrogen) atoms. The monoisotopic (exact) mass is 294 g/mol. The topological polar surface area (TPSA) is 57.2 Å². The van der Waals surface area contributed by atoms with Gasteiger partial charge in [0.05, 0.1) is 17.1 Å². The van der Waals surface area contributed by atoms with Crippen LogP contribution in [0.1, 0.15) is 38.4 Å². The number of nitrogens with two attached hydrogens (primary N) is 1. The summed E-state index contributed by atoms with van der Waals surface area (Å²) in [5, 5.41) is 1.42. The second kappa shape index (κ2) is 5.85. The second-order valence-electron chi connectivity index (χ2n) is 4.95. The number of aromatic nitrogens is 1. The molecule has 0 fully saturated rings. The molecule has 1 unspecified atom stereocenters. The van der Waals surface area contributed by atoms with Crippen LogP contribution >= 0.6 is 11.6 Å². The van der Waals surface area contributed by atoms with E-state index in [9.17, 15) is 4.79 Å². The molecule has 2 N–H and O–H groups in total. The van der Waals surface area contributed by atoms with Crippen molar-refractivity contribution in [2.24, 2.45) is 5.73 Å². The Morgan fingerprint density at radius 1 is 1.45 bits per heavy atom. The number of halogens is 1. The van der Waals surface area contributed by atoms with Crippen molar-refractivity contribution < 1.29 is 9.53 Å². The maximum absolute atomic E-state index is 11.9. The Morgan fingerprint density at radius 2 is 2.15 bits per heavy atom. The van der Waals surface area contributed by atoms with Crippen LogP contribution in [-0.4, -0.2) is 17.1 Å². The fourth-order valence-electron chi connectivity index (χ4n) is 2.32. The Kier molecular flexibility index (Phi) is 4.35. The van der Waals surface area contributed by atoms with Gasteiger partial charge in [-0.15, -0.1) is 0 Å². The van der Waals surface area contributed by atoms with Crippen molar-refractivity contribution in [2.45, 2.75) is 32.9 Å². The van der Waals surface area contributed by atoms with E-state index in [2.05, 4.69) is 18.4 Å². The zero-order valence-corrected chi connectivity index (χ0v) is 12.6. The molecular weight excluding hydrogens is 276 g/mol. The summed E-state index contributed by atoms with van der Waals surface area (Å²) in [6.45, 7) is 6.21. The molecule has 1 atom stereocenters. The average molecular weight is 295 g/mol. The van der Waals surface area contributed by atoms with Crippen molar-refractivity contribution in [3.05, 3.63) is 35.0 Å². The van der Waals surface area contributed by atoms with Gasteiger partial charge in [0, 0.05) is 23.2 Å². The summed E-state index contributed by atoms with van der Waals surface area (Å²) < 4.78 is 7.07. The number of rotatable bonds is 4. The number of nitrogens with zero attached hydrogens (tertiary/aromatic N) is 1. The van der Waals surface area contributed by atoms with E-state index in [1.807, 2.05) is 18.3 Å². The highest BCUT2D eigenvalue weighted by Gasteiger charge is 2.23. The molecular formula is C15H19ClN2O2. The molecule has 0 radical (unpaired) electrons. The molecule has 2 aromatic rings. The molecule has 5 heteroatoms. The Morgan fingerprint density at radius 3 is 2.75 bits per heavy atom. The quantitative estimate of drug-likeness (QED) is 0.879. The van der Waals surface area contributed by atoms with E-state index in [4.69, 9.17) is 22.1 Å². The summed E-state index contributed by atoms with van der Waals surface area (Å²) in [6.07, 6.45) is 1.89. The maximum Gasteiger partial charge on any atom is 0.327 e. The van der Waals surface area contributed by atoms with Crippen molar-refractivity contribution in [3.8, 4) is 0 Å². The van der Waals surface area contributed by atoms with Crippen molar-refractivity contribution in [1.29, 1.82) is 0 Å². The van der Waals surface area contributed by atoms with Crippen LogP contribution in [0.25, 0.3) is 10.9 Å². The number of hydrogen-bond acceptors (Lipinski definition) is 3. The number of ether oxygens (including phenoxy) is 1. The molecule has 4 nitrogen and oxygen atoms in total. The van der Waals surface area contributed by atoms with E-state index in [1.54, 1.807) is 13.0 Å². The van der Waals surface area contributed by atoms with E-state index in [-0.39, 0.29) is 6.04 Å². The van der Waals surface area contributed by atoms with Gasteiger partial charge in [0.15, 0.2) is 0 Å². The van der Waals surface area contributed by atoms with Gasteiger partial charge in [0.2, 0.25) is 0 Å². The smallest absolute Gasteiger partial charge is 0.327 e. The summed E-state index contributed by atoms with van der Waals surface area (Å²) in [4.78, 5) is 11.9. The lowest BCUT2D eigenvalue weighted by Crippen LogP contribution is -2.23. The Bertz CT molecular complexity index is 634. The SMILES string of the molecule is CCOC(=O)C(N)c1cn(C(C)C)c2cccc(Cl)c12. The first-order valence-electron chi connectivity index (χ1n) is 6.68. The Balaban J connectivity index is 2.61. The van der Waals surface area contributed by atoms with Gasteiger partial charge in [-0.25, -0.2) is 4.79 Å². The third-order valence-corrected chi connectivity index (χ3v) is 3.58. The van der Waals surface area contributed by atoms with Crippen LogP contribution in [0.2, 0.25) is 5.02 Å². The van der Waals surface area contributed by atoms with Crippen LogP contribution in [0.15, 0.2) is 24.4 Å². The van der Waals surface area contributed by atoms with Gasteiger partial charge < -0.3 is 15.0 Å². The normalized spacial score (nSPS) is 12.9. The average Bonchev–Trinajstić information content (AvgIpc) is 2.79. The molecule has 0 aliphatic carbocycles. The largest absolute Gasteiger partial charge is 0.465 e. The minimum Gasteiger partial charge on any atom is -0.465 e. The maximum atomic E-state index is 11.9. The standard InChI is InChI=1S/C15H19ClN2O2/c1-4-20-15(19)14(17)10-8-18(9(2)3)12-7-5-6-11(16)13(10)12/h5-9,14H,4,17H2,1-3H3. The van der Waals surface area contributed by atoms with E-state index in [0.29, 0.717) is 17.2 Å². The van der Waals surface area contributed by atoms with Gasteiger partial charge in [-0.3, -0.25) is 0 Å². The third kappa shape index (κ3) is 2.53. The van der Waals surface area contributed by atoms with Gasteiger partial charge in [0.25, 0.3) is 0 Å². The molecule has 0 aliphatic heterocycles. The highest BCUT2D eigenvalue weighted by Crippen LogP contribution is 2.33. The molecule has 0 saturated carbocycles. The highest BCUT2D eigenvalue weighted by atomic mass is 35.5. The second-order valence-corrected chi connectivity index (χ2v) is 5.36. The van der Waals surface area contributed by atoms with E-state index in [0.717, 1.165) is 10.9 Å². The van der Waals surface area contributed by atoms with Gasteiger partial charge in [-0.1, -0.05) is 17.7 Å². The number of hydrogen-bond donors (Lipinski definition) is 1. The van der Waals surface area contributed by atoms with Crippen molar-refractivity contribution in [2.75, 3.05) is 6.61 Å². The molecule has 0 amide bonds. The van der Waals surface area contributed by atoms with Crippen LogP contribution < -0.4 is 5.73 Å². The van der Waals surface area contributed by atoms with Gasteiger partial charge in [-0.2, -0.15) is 0 Å².